The Morgan fingerprint density at radius 2 is 2.44 bits per heavy atom. The number of hydrogen-bond acceptors (Lipinski definition) is 2. The summed E-state index contributed by atoms with van der Waals surface area (Å²) in [5.74, 6) is 3.05. The van der Waals surface area contributed by atoms with Crippen LogP contribution in [0.15, 0.2) is 5.16 Å². The number of nitrogens with zero attached hydrogens (tertiary/aromatic N) is 1. The van der Waals surface area contributed by atoms with Crippen molar-refractivity contribution in [2.75, 3.05) is 0 Å². The first-order valence-electron chi connectivity index (χ1n) is 2.96. The van der Waals surface area contributed by atoms with Crippen LogP contribution in [-0.4, -0.2) is 12.8 Å². The van der Waals surface area contributed by atoms with Gasteiger partial charge in [0.1, 0.15) is 0 Å². The van der Waals surface area contributed by atoms with E-state index < -0.39 is 0 Å². The molecule has 0 aromatic carbocycles. The van der Waals surface area contributed by atoms with E-state index in [4.69, 9.17) is 11.3 Å². The molecule has 0 saturated heterocycles. The van der Waals surface area contributed by atoms with Gasteiger partial charge in [0.15, 0.2) is 6.10 Å². The quantitative estimate of drug-likeness (QED) is 0.312. The summed E-state index contributed by atoms with van der Waals surface area (Å²) in [5, 5.41) is 3.28. The van der Waals surface area contributed by atoms with Crippen molar-refractivity contribution in [3.63, 3.8) is 0 Å². The molecular weight excluding hydrogens is 114 g/mol. The predicted molar refractivity (Wildman–Crippen MR) is 36.0 cm³/mol. The number of terminal acetylenes is 1. The minimum Gasteiger partial charge on any atom is -0.380 e. The lowest BCUT2D eigenvalue weighted by atomic mass is 10.2. The third-order valence-electron chi connectivity index (χ3n) is 1.40. The highest BCUT2D eigenvalue weighted by Crippen LogP contribution is 2.33. The molecule has 0 aromatic rings. The van der Waals surface area contributed by atoms with Crippen molar-refractivity contribution in [3.05, 3.63) is 0 Å². The van der Waals surface area contributed by atoms with E-state index >= 15 is 0 Å². The molecule has 9 heavy (non-hydrogen) atoms. The maximum absolute atomic E-state index is 5.14. The van der Waals surface area contributed by atoms with E-state index in [-0.39, 0.29) is 6.10 Å². The van der Waals surface area contributed by atoms with Gasteiger partial charge in [0, 0.05) is 12.6 Å². The van der Waals surface area contributed by atoms with Gasteiger partial charge in [-0.3, -0.25) is 0 Å². The molecule has 0 aliphatic heterocycles. The lowest BCUT2D eigenvalue weighted by molar-refractivity contribution is 0.0864. The second-order valence-electron chi connectivity index (χ2n) is 2.16. The maximum atomic E-state index is 5.14. The normalized spacial score (nSPS) is 19.9. The van der Waals surface area contributed by atoms with Crippen molar-refractivity contribution in [1.29, 1.82) is 0 Å². The molecule has 1 atom stereocenters. The smallest absolute Gasteiger partial charge is 0.189 e. The van der Waals surface area contributed by atoms with Gasteiger partial charge in [-0.25, -0.2) is 0 Å². The van der Waals surface area contributed by atoms with Crippen LogP contribution in [0.5, 0.6) is 0 Å². The molecule has 1 aliphatic rings. The summed E-state index contributed by atoms with van der Waals surface area (Å²) in [6.45, 7) is 3.19. The number of oxime groups is 1. The van der Waals surface area contributed by atoms with Crippen molar-refractivity contribution in [2.45, 2.75) is 18.9 Å². The van der Waals surface area contributed by atoms with Gasteiger partial charge in [-0.1, -0.05) is 5.92 Å². The third-order valence-corrected chi connectivity index (χ3v) is 1.40. The summed E-state index contributed by atoms with van der Waals surface area (Å²) in [6, 6.07) is 0. The van der Waals surface area contributed by atoms with E-state index in [9.17, 15) is 0 Å². The lowest BCUT2D eigenvalue weighted by Gasteiger charge is -2.03. The SMILES string of the molecule is C#CC(ON=C)C1CC1. The molecule has 0 spiro atoms. The molecule has 1 saturated carbocycles. The van der Waals surface area contributed by atoms with Gasteiger partial charge in [-0.15, -0.1) is 11.6 Å². The highest BCUT2D eigenvalue weighted by molar-refractivity contribution is 5.21. The fourth-order valence-electron chi connectivity index (χ4n) is 0.732. The molecule has 0 N–H and O–H groups in total. The third kappa shape index (κ3) is 1.46. The van der Waals surface area contributed by atoms with Crippen LogP contribution in [0.1, 0.15) is 12.8 Å². The van der Waals surface area contributed by atoms with Gasteiger partial charge in [-0.2, -0.15) is 0 Å². The fraction of sp³-hybridized carbons (Fsp3) is 0.571. The fourth-order valence-corrected chi connectivity index (χ4v) is 0.732. The highest BCUT2D eigenvalue weighted by Gasteiger charge is 2.31. The monoisotopic (exact) mass is 123 g/mol. The molecule has 1 fully saturated rings. The summed E-state index contributed by atoms with van der Waals surface area (Å²) in [5.41, 5.74) is 0. The Labute approximate surface area is 54.9 Å². The molecule has 0 aromatic heterocycles. The van der Waals surface area contributed by atoms with Crippen LogP contribution >= 0.6 is 0 Å². The first kappa shape index (κ1) is 6.15. The van der Waals surface area contributed by atoms with Gasteiger partial charge < -0.3 is 4.84 Å². The largest absolute Gasteiger partial charge is 0.380 e. The van der Waals surface area contributed by atoms with Crippen LogP contribution in [0.4, 0.5) is 0 Å². The van der Waals surface area contributed by atoms with Crippen molar-refractivity contribution in [1.82, 2.24) is 0 Å². The van der Waals surface area contributed by atoms with Crippen LogP contribution in [0.3, 0.4) is 0 Å². The molecule has 0 radical (unpaired) electrons. The summed E-state index contributed by atoms with van der Waals surface area (Å²) in [7, 11) is 0. The van der Waals surface area contributed by atoms with Crippen molar-refractivity contribution in [2.24, 2.45) is 11.1 Å². The molecule has 1 rings (SSSR count). The summed E-state index contributed by atoms with van der Waals surface area (Å²) in [6.07, 6.45) is 7.36. The summed E-state index contributed by atoms with van der Waals surface area (Å²) in [4.78, 5) is 4.79. The Morgan fingerprint density at radius 1 is 1.78 bits per heavy atom. The zero-order valence-corrected chi connectivity index (χ0v) is 5.21. The predicted octanol–water partition coefficient (Wildman–Crippen LogP) is 1.03. The van der Waals surface area contributed by atoms with Gasteiger partial charge >= 0.3 is 0 Å². The van der Waals surface area contributed by atoms with E-state index in [1.165, 1.54) is 12.8 Å². The Bertz CT molecular complexity index is 143. The first-order valence-corrected chi connectivity index (χ1v) is 2.96. The zero-order chi connectivity index (χ0) is 6.69. The van der Waals surface area contributed by atoms with Gasteiger partial charge in [-0.05, 0) is 12.8 Å². The second-order valence-corrected chi connectivity index (χ2v) is 2.16. The van der Waals surface area contributed by atoms with Crippen LogP contribution in [0.2, 0.25) is 0 Å². The molecule has 2 heteroatoms. The molecule has 48 valence electrons. The molecule has 1 unspecified atom stereocenters. The number of rotatable bonds is 3. The first-order chi connectivity index (χ1) is 4.38. The van der Waals surface area contributed by atoms with E-state index in [0.29, 0.717) is 5.92 Å². The summed E-state index contributed by atoms with van der Waals surface area (Å²) < 4.78 is 0. The van der Waals surface area contributed by atoms with Gasteiger partial charge in [0.25, 0.3) is 0 Å². The highest BCUT2D eigenvalue weighted by atomic mass is 16.6. The minimum absolute atomic E-state index is 0.123. The molecule has 0 bridgehead atoms. The standard InChI is InChI=1S/C7H9NO/c1-3-7(9-8-2)6-4-5-6/h1,6-7H,2,4-5H2. The van der Waals surface area contributed by atoms with Crippen molar-refractivity contribution in [3.8, 4) is 12.3 Å². The average Bonchev–Trinajstić information content (AvgIpc) is 2.64. The number of hydrogen-bond donors (Lipinski definition) is 0. The molecule has 0 heterocycles. The minimum atomic E-state index is -0.123. The molecule has 0 amide bonds. The van der Waals surface area contributed by atoms with Crippen LogP contribution < -0.4 is 0 Å². The van der Waals surface area contributed by atoms with E-state index in [1.54, 1.807) is 0 Å². The van der Waals surface area contributed by atoms with Crippen molar-refractivity contribution >= 4 is 6.72 Å². The van der Waals surface area contributed by atoms with E-state index in [0.717, 1.165) is 0 Å². The Kier molecular flexibility index (Phi) is 1.74. The summed E-state index contributed by atoms with van der Waals surface area (Å²) >= 11 is 0. The topological polar surface area (TPSA) is 21.6 Å². The van der Waals surface area contributed by atoms with Gasteiger partial charge in [0.05, 0.1) is 0 Å². The lowest BCUT2D eigenvalue weighted by Crippen LogP contribution is -2.08. The van der Waals surface area contributed by atoms with Crippen LogP contribution in [0.25, 0.3) is 0 Å². The zero-order valence-electron chi connectivity index (χ0n) is 5.21. The van der Waals surface area contributed by atoms with Gasteiger partial charge in [0.2, 0.25) is 0 Å². The molecular formula is C7H9NO. The Balaban J connectivity index is 2.30. The Hall–Kier alpha value is -0.970. The molecule has 1 aliphatic carbocycles. The van der Waals surface area contributed by atoms with E-state index in [1.807, 2.05) is 0 Å². The average molecular weight is 123 g/mol. The maximum Gasteiger partial charge on any atom is 0.189 e. The van der Waals surface area contributed by atoms with E-state index in [2.05, 4.69) is 17.8 Å². The second kappa shape index (κ2) is 2.54. The molecule has 2 nitrogen and oxygen atoms in total. The van der Waals surface area contributed by atoms with Crippen LogP contribution in [-0.2, 0) is 4.84 Å². The van der Waals surface area contributed by atoms with Crippen molar-refractivity contribution < 1.29 is 4.84 Å². The Morgan fingerprint density at radius 3 is 2.78 bits per heavy atom. The van der Waals surface area contributed by atoms with Crippen LogP contribution in [0, 0.1) is 18.3 Å².